The van der Waals surface area contributed by atoms with Gasteiger partial charge in [0.15, 0.2) is 0 Å². The number of hydrogen-bond acceptors (Lipinski definition) is 6. The van der Waals surface area contributed by atoms with Crippen LogP contribution in [0, 0.1) is 13.8 Å². The lowest BCUT2D eigenvalue weighted by Gasteiger charge is -2.21. The average molecular weight is 340 g/mol. The van der Waals surface area contributed by atoms with Crippen LogP contribution in [0.15, 0.2) is 34.2 Å². The maximum atomic E-state index is 5.99. The van der Waals surface area contributed by atoms with Crippen LogP contribution in [0.1, 0.15) is 41.6 Å². The Morgan fingerprint density at radius 1 is 1.29 bits per heavy atom. The molecule has 0 aliphatic carbocycles. The first kappa shape index (κ1) is 15.5. The summed E-state index contributed by atoms with van der Waals surface area (Å²) >= 11 is 1.54. The van der Waals surface area contributed by atoms with E-state index in [0.717, 1.165) is 42.4 Å². The Morgan fingerprint density at radius 2 is 2.21 bits per heavy atom. The Hall–Kier alpha value is -2.05. The van der Waals surface area contributed by atoms with Crippen molar-refractivity contribution < 1.29 is 4.42 Å². The molecule has 24 heavy (non-hydrogen) atoms. The SMILES string of the molecule is Cc1cccc(CN2CCCC2c2nnc(-c3scnc3C)o2)c1. The quantitative estimate of drug-likeness (QED) is 0.714. The molecule has 3 heterocycles. The molecule has 0 amide bonds. The van der Waals surface area contributed by atoms with E-state index in [-0.39, 0.29) is 6.04 Å². The highest BCUT2D eigenvalue weighted by Gasteiger charge is 2.31. The molecule has 1 unspecified atom stereocenters. The molecule has 0 N–H and O–H groups in total. The molecule has 1 atom stereocenters. The van der Waals surface area contributed by atoms with Crippen LogP contribution in [0.3, 0.4) is 0 Å². The van der Waals surface area contributed by atoms with Crippen molar-refractivity contribution >= 4 is 11.3 Å². The first-order valence-corrected chi connectivity index (χ1v) is 9.12. The summed E-state index contributed by atoms with van der Waals surface area (Å²) in [6.07, 6.45) is 2.23. The molecule has 0 bridgehead atoms. The zero-order valence-electron chi connectivity index (χ0n) is 13.9. The minimum atomic E-state index is 0.208. The molecule has 1 fully saturated rings. The van der Waals surface area contributed by atoms with E-state index in [1.165, 1.54) is 11.1 Å². The van der Waals surface area contributed by atoms with E-state index < -0.39 is 0 Å². The fourth-order valence-corrected chi connectivity index (χ4v) is 4.03. The summed E-state index contributed by atoms with van der Waals surface area (Å²) in [5.74, 6) is 1.32. The van der Waals surface area contributed by atoms with Crippen LogP contribution >= 0.6 is 11.3 Å². The lowest BCUT2D eigenvalue weighted by Crippen LogP contribution is -2.23. The predicted molar refractivity (Wildman–Crippen MR) is 93.7 cm³/mol. The van der Waals surface area contributed by atoms with Crippen LogP contribution in [0.4, 0.5) is 0 Å². The highest BCUT2D eigenvalue weighted by Crippen LogP contribution is 2.34. The molecule has 0 radical (unpaired) electrons. The first-order valence-electron chi connectivity index (χ1n) is 8.24. The van der Waals surface area contributed by atoms with Gasteiger partial charge >= 0.3 is 0 Å². The summed E-state index contributed by atoms with van der Waals surface area (Å²) in [4.78, 5) is 7.66. The van der Waals surface area contributed by atoms with Crippen molar-refractivity contribution in [1.29, 1.82) is 0 Å². The van der Waals surface area contributed by atoms with E-state index in [1.54, 1.807) is 11.3 Å². The molecule has 1 aliphatic rings. The number of aromatic nitrogens is 3. The highest BCUT2D eigenvalue weighted by atomic mass is 32.1. The zero-order valence-corrected chi connectivity index (χ0v) is 14.7. The van der Waals surface area contributed by atoms with Crippen molar-refractivity contribution in [2.45, 2.75) is 39.3 Å². The monoisotopic (exact) mass is 340 g/mol. The van der Waals surface area contributed by atoms with Gasteiger partial charge in [-0.2, -0.15) is 0 Å². The van der Waals surface area contributed by atoms with Crippen LogP contribution in [-0.4, -0.2) is 26.6 Å². The van der Waals surface area contributed by atoms with Gasteiger partial charge in [-0.05, 0) is 38.8 Å². The Kier molecular flexibility index (Phi) is 4.16. The molecule has 1 aromatic carbocycles. The maximum absolute atomic E-state index is 5.99. The van der Waals surface area contributed by atoms with Crippen LogP contribution in [0.25, 0.3) is 10.8 Å². The molecule has 0 spiro atoms. The third-order valence-electron chi connectivity index (χ3n) is 4.50. The van der Waals surface area contributed by atoms with Gasteiger partial charge in [0.1, 0.15) is 4.88 Å². The molecule has 2 aromatic heterocycles. The number of likely N-dealkylation sites (tertiary alicyclic amines) is 1. The van der Waals surface area contributed by atoms with Gasteiger partial charge in [0.2, 0.25) is 5.89 Å². The lowest BCUT2D eigenvalue weighted by atomic mass is 10.1. The van der Waals surface area contributed by atoms with Gasteiger partial charge in [-0.25, -0.2) is 4.98 Å². The van der Waals surface area contributed by atoms with Crippen molar-refractivity contribution in [2.24, 2.45) is 0 Å². The van der Waals surface area contributed by atoms with Gasteiger partial charge < -0.3 is 4.42 Å². The third-order valence-corrected chi connectivity index (χ3v) is 5.41. The zero-order chi connectivity index (χ0) is 16.5. The van der Waals surface area contributed by atoms with Crippen LogP contribution in [0.5, 0.6) is 0 Å². The molecule has 1 aliphatic heterocycles. The number of thiazole rings is 1. The normalized spacial score (nSPS) is 18.3. The number of nitrogens with zero attached hydrogens (tertiary/aromatic N) is 4. The molecule has 5 nitrogen and oxygen atoms in total. The molecule has 3 aromatic rings. The van der Waals surface area contributed by atoms with Gasteiger partial charge in [-0.3, -0.25) is 4.90 Å². The molecular formula is C18H20N4OS. The topological polar surface area (TPSA) is 55.1 Å². The van der Waals surface area contributed by atoms with Crippen molar-refractivity contribution in [3.8, 4) is 10.8 Å². The van der Waals surface area contributed by atoms with Crippen LogP contribution in [-0.2, 0) is 6.54 Å². The number of rotatable bonds is 4. The minimum absolute atomic E-state index is 0.208. The lowest BCUT2D eigenvalue weighted by molar-refractivity contribution is 0.215. The van der Waals surface area contributed by atoms with Crippen molar-refractivity contribution in [3.63, 3.8) is 0 Å². The number of aryl methyl sites for hydroxylation is 2. The predicted octanol–water partition coefficient (Wildman–Crippen LogP) is 4.15. The highest BCUT2D eigenvalue weighted by molar-refractivity contribution is 7.13. The second-order valence-electron chi connectivity index (χ2n) is 6.33. The van der Waals surface area contributed by atoms with Gasteiger partial charge in [0.25, 0.3) is 5.89 Å². The number of benzene rings is 1. The fourth-order valence-electron chi connectivity index (χ4n) is 3.31. The summed E-state index contributed by atoms with van der Waals surface area (Å²) in [5.41, 5.74) is 5.39. The van der Waals surface area contributed by atoms with E-state index in [2.05, 4.69) is 51.3 Å². The Balaban J connectivity index is 1.55. The molecule has 6 heteroatoms. The molecule has 124 valence electrons. The standard InChI is InChI=1S/C18H20N4OS/c1-12-5-3-6-14(9-12)10-22-8-4-7-15(22)17-20-21-18(23-17)16-13(2)19-11-24-16/h3,5-6,9,11,15H,4,7-8,10H2,1-2H3. The second kappa shape index (κ2) is 6.45. The van der Waals surface area contributed by atoms with Gasteiger partial charge in [-0.15, -0.1) is 21.5 Å². The van der Waals surface area contributed by atoms with Crippen molar-refractivity contribution in [2.75, 3.05) is 6.54 Å². The van der Waals surface area contributed by atoms with Crippen LogP contribution in [0.2, 0.25) is 0 Å². The van der Waals surface area contributed by atoms with Crippen LogP contribution < -0.4 is 0 Å². The summed E-state index contributed by atoms with van der Waals surface area (Å²) in [6, 6.07) is 8.89. The van der Waals surface area contributed by atoms with Gasteiger partial charge in [0, 0.05) is 6.54 Å². The number of hydrogen-bond donors (Lipinski definition) is 0. The summed E-state index contributed by atoms with van der Waals surface area (Å²) in [7, 11) is 0. The molecule has 4 rings (SSSR count). The van der Waals surface area contributed by atoms with Crippen molar-refractivity contribution in [1.82, 2.24) is 20.1 Å². The van der Waals surface area contributed by atoms with E-state index in [9.17, 15) is 0 Å². The van der Waals surface area contributed by atoms with Crippen molar-refractivity contribution in [3.05, 3.63) is 52.5 Å². The van der Waals surface area contributed by atoms with E-state index in [0.29, 0.717) is 5.89 Å². The van der Waals surface area contributed by atoms with E-state index in [1.807, 2.05) is 12.4 Å². The smallest absolute Gasteiger partial charge is 0.259 e. The van der Waals surface area contributed by atoms with Gasteiger partial charge in [-0.1, -0.05) is 29.8 Å². The minimum Gasteiger partial charge on any atom is -0.418 e. The van der Waals surface area contributed by atoms with E-state index >= 15 is 0 Å². The summed E-state index contributed by atoms with van der Waals surface area (Å²) < 4.78 is 5.99. The van der Waals surface area contributed by atoms with E-state index in [4.69, 9.17) is 4.42 Å². The Morgan fingerprint density at radius 3 is 3.00 bits per heavy atom. The maximum Gasteiger partial charge on any atom is 0.259 e. The molecule has 1 saturated heterocycles. The summed E-state index contributed by atoms with van der Waals surface area (Å²) in [5, 5.41) is 8.57. The second-order valence-corrected chi connectivity index (χ2v) is 7.18. The largest absolute Gasteiger partial charge is 0.418 e. The first-order chi connectivity index (χ1) is 11.7. The average Bonchev–Trinajstić information content (AvgIpc) is 3.27. The third kappa shape index (κ3) is 2.99. The molecule has 0 saturated carbocycles. The Labute approximate surface area is 145 Å². The Bertz CT molecular complexity index is 841. The fraction of sp³-hybridized carbons (Fsp3) is 0.389. The van der Waals surface area contributed by atoms with Gasteiger partial charge in [0.05, 0.1) is 17.2 Å². The summed E-state index contributed by atoms with van der Waals surface area (Å²) in [6.45, 7) is 6.08. The molecular weight excluding hydrogens is 320 g/mol.